The largest absolute Gasteiger partial charge is 0.346 e. The van der Waals surface area contributed by atoms with Crippen LogP contribution in [0.5, 0.6) is 0 Å². The van der Waals surface area contributed by atoms with Crippen LogP contribution < -0.4 is 11.1 Å². The van der Waals surface area contributed by atoms with Crippen molar-refractivity contribution in [2.75, 3.05) is 13.1 Å². The lowest BCUT2D eigenvalue weighted by molar-refractivity contribution is 0.0118. The average Bonchev–Trinajstić information content (AvgIpc) is 2.24. The number of carbonyl (C=O) groups is 1. The first kappa shape index (κ1) is 17.1. The second-order valence-corrected chi connectivity index (χ2v) is 4.20. The number of alkyl halides is 2. The second kappa shape index (κ2) is 6.87. The fourth-order valence-corrected chi connectivity index (χ4v) is 1.54. The molecule has 1 amide bonds. The van der Waals surface area contributed by atoms with Crippen LogP contribution in [0.25, 0.3) is 0 Å². The van der Waals surface area contributed by atoms with E-state index in [-0.39, 0.29) is 18.0 Å². The molecular weight excluding hydrogens is 285 g/mol. The minimum atomic E-state index is -3.09. The topological polar surface area (TPSA) is 55.1 Å². The molecule has 1 aromatic rings. The molecule has 0 aliphatic rings. The van der Waals surface area contributed by atoms with Gasteiger partial charge < -0.3 is 11.1 Å². The van der Waals surface area contributed by atoms with E-state index in [0.29, 0.717) is 5.02 Å². The molecule has 7 heteroatoms. The first-order chi connectivity index (χ1) is 7.84. The summed E-state index contributed by atoms with van der Waals surface area (Å²) in [4.78, 5) is 11.6. The Morgan fingerprint density at radius 1 is 1.44 bits per heavy atom. The van der Waals surface area contributed by atoms with E-state index in [0.717, 1.165) is 5.56 Å². The summed E-state index contributed by atoms with van der Waals surface area (Å²) in [5, 5.41) is 2.51. The molecule has 0 fully saturated rings. The summed E-state index contributed by atoms with van der Waals surface area (Å²) in [6.07, 6.45) is 0. The fourth-order valence-electron chi connectivity index (χ4n) is 1.25. The summed E-state index contributed by atoms with van der Waals surface area (Å²) in [7, 11) is 0. The smallest absolute Gasteiger partial charge is 0.277 e. The average molecular weight is 299 g/mol. The fraction of sp³-hybridized carbons (Fsp3) is 0.364. The van der Waals surface area contributed by atoms with Gasteiger partial charge in [-0.15, -0.1) is 12.4 Å². The summed E-state index contributed by atoms with van der Waals surface area (Å²) in [6.45, 7) is 0.174. The zero-order chi connectivity index (χ0) is 13.1. The van der Waals surface area contributed by atoms with Gasteiger partial charge in [0.05, 0.1) is 13.1 Å². The standard InChI is InChI=1S/C11H13ClF2N2O.ClH/c1-7-2-8(4-9(12)3-7)10(17)16-6-11(13,14)5-15;/h2-4H,5-6,15H2,1H3,(H,16,17);1H. The maximum absolute atomic E-state index is 12.8. The molecule has 0 radical (unpaired) electrons. The Bertz CT molecular complexity index is 407. The van der Waals surface area contributed by atoms with Crippen molar-refractivity contribution in [1.29, 1.82) is 0 Å². The van der Waals surface area contributed by atoms with Crippen molar-refractivity contribution in [3.8, 4) is 0 Å². The lowest BCUT2D eigenvalue weighted by atomic mass is 10.1. The van der Waals surface area contributed by atoms with Crippen LogP contribution in [-0.2, 0) is 0 Å². The van der Waals surface area contributed by atoms with Gasteiger partial charge in [-0.1, -0.05) is 11.6 Å². The van der Waals surface area contributed by atoms with E-state index >= 15 is 0 Å². The van der Waals surface area contributed by atoms with Crippen molar-refractivity contribution in [2.45, 2.75) is 12.8 Å². The number of benzene rings is 1. The highest BCUT2D eigenvalue weighted by atomic mass is 35.5. The van der Waals surface area contributed by atoms with Crippen molar-refractivity contribution in [3.63, 3.8) is 0 Å². The quantitative estimate of drug-likeness (QED) is 0.897. The molecule has 0 aliphatic carbocycles. The molecule has 0 saturated carbocycles. The van der Waals surface area contributed by atoms with Crippen LogP contribution in [-0.4, -0.2) is 24.9 Å². The molecule has 3 nitrogen and oxygen atoms in total. The Kier molecular flexibility index (Phi) is 6.52. The van der Waals surface area contributed by atoms with Crippen LogP contribution in [0, 0.1) is 6.92 Å². The molecule has 1 rings (SSSR count). The minimum absolute atomic E-state index is 0. The molecule has 3 N–H and O–H groups in total. The van der Waals surface area contributed by atoms with Crippen molar-refractivity contribution < 1.29 is 13.6 Å². The molecule has 0 heterocycles. The van der Waals surface area contributed by atoms with Crippen molar-refractivity contribution in [3.05, 3.63) is 34.3 Å². The Balaban J connectivity index is 0.00000289. The van der Waals surface area contributed by atoms with Gasteiger partial charge in [0.15, 0.2) is 0 Å². The van der Waals surface area contributed by atoms with Crippen molar-refractivity contribution >= 4 is 29.9 Å². The van der Waals surface area contributed by atoms with Gasteiger partial charge in [-0.2, -0.15) is 0 Å². The summed E-state index contributed by atoms with van der Waals surface area (Å²) < 4.78 is 25.6. The first-order valence-electron chi connectivity index (χ1n) is 4.97. The molecule has 102 valence electrons. The van der Waals surface area contributed by atoms with Crippen LogP contribution in [0.2, 0.25) is 5.02 Å². The normalized spacial score (nSPS) is 10.7. The number of nitrogens with one attached hydrogen (secondary N) is 1. The number of halogens is 4. The zero-order valence-corrected chi connectivity index (χ0v) is 11.2. The molecule has 18 heavy (non-hydrogen) atoms. The molecule has 0 bridgehead atoms. The Hall–Kier alpha value is -0.910. The molecule has 0 aromatic heterocycles. The lowest BCUT2D eigenvalue weighted by Crippen LogP contribution is -2.41. The van der Waals surface area contributed by atoms with Gasteiger partial charge in [-0.3, -0.25) is 4.79 Å². The maximum atomic E-state index is 12.8. The lowest BCUT2D eigenvalue weighted by Gasteiger charge is -2.14. The number of hydrogen-bond donors (Lipinski definition) is 2. The summed E-state index contributed by atoms with van der Waals surface area (Å²) >= 11 is 5.76. The van der Waals surface area contributed by atoms with Gasteiger partial charge >= 0.3 is 0 Å². The van der Waals surface area contributed by atoms with E-state index in [9.17, 15) is 13.6 Å². The predicted octanol–water partition coefficient (Wildman–Crippen LogP) is 2.39. The first-order valence-corrected chi connectivity index (χ1v) is 5.35. The number of aryl methyl sites for hydroxylation is 1. The van der Waals surface area contributed by atoms with E-state index in [2.05, 4.69) is 5.32 Å². The van der Waals surface area contributed by atoms with E-state index in [4.69, 9.17) is 17.3 Å². The summed E-state index contributed by atoms with van der Waals surface area (Å²) in [5.41, 5.74) is 5.90. The highest BCUT2D eigenvalue weighted by Crippen LogP contribution is 2.15. The number of nitrogens with two attached hydrogens (primary N) is 1. The molecule has 0 saturated heterocycles. The predicted molar refractivity (Wildman–Crippen MR) is 69.8 cm³/mol. The van der Waals surface area contributed by atoms with Crippen LogP contribution in [0.1, 0.15) is 15.9 Å². The third-order valence-electron chi connectivity index (χ3n) is 2.11. The molecule has 0 atom stereocenters. The molecule has 1 aromatic carbocycles. The number of hydrogen-bond acceptors (Lipinski definition) is 2. The third kappa shape index (κ3) is 5.16. The zero-order valence-electron chi connectivity index (χ0n) is 9.67. The number of amides is 1. The summed E-state index contributed by atoms with van der Waals surface area (Å²) in [5.74, 6) is -3.69. The second-order valence-electron chi connectivity index (χ2n) is 3.76. The van der Waals surface area contributed by atoms with Crippen LogP contribution in [0.3, 0.4) is 0 Å². The monoisotopic (exact) mass is 298 g/mol. The minimum Gasteiger partial charge on any atom is -0.346 e. The Morgan fingerprint density at radius 2 is 2.06 bits per heavy atom. The van der Waals surface area contributed by atoms with Crippen LogP contribution in [0.4, 0.5) is 8.78 Å². The van der Waals surface area contributed by atoms with Gasteiger partial charge in [-0.25, -0.2) is 8.78 Å². The van der Waals surface area contributed by atoms with Crippen molar-refractivity contribution in [2.24, 2.45) is 5.73 Å². The summed E-state index contributed by atoms with van der Waals surface area (Å²) in [6, 6.07) is 4.67. The number of rotatable bonds is 4. The highest BCUT2D eigenvalue weighted by molar-refractivity contribution is 6.31. The highest BCUT2D eigenvalue weighted by Gasteiger charge is 2.27. The van der Waals surface area contributed by atoms with Gasteiger partial charge in [-0.05, 0) is 30.7 Å². The maximum Gasteiger partial charge on any atom is 0.277 e. The van der Waals surface area contributed by atoms with Crippen LogP contribution >= 0.6 is 24.0 Å². The SMILES string of the molecule is Cc1cc(Cl)cc(C(=O)NCC(F)(F)CN)c1.Cl. The van der Waals surface area contributed by atoms with Crippen LogP contribution in [0.15, 0.2) is 18.2 Å². The van der Waals surface area contributed by atoms with E-state index in [1.165, 1.54) is 6.07 Å². The third-order valence-corrected chi connectivity index (χ3v) is 2.33. The Morgan fingerprint density at radius 3 is 2.56 bits per heavy atom. The van der Waals surface area contributed by atoms with Gasteiger partial charge in [0.1, 0.15) is 0 Å². The Labute approximate surface area is 115 Å². The van der Waals surface area contributed by atoms with Gasteiger partial charge in [0.2, 0.25) is 0 Å². The van der Waals surface area contributed by atoms with E-state index in [1.54, 1.807) is 19.1 Å². The molecule has 0 aliphatic heterocycles. The van der Waals surface area contributed by atoms with Gasteiger partial charge in [0, 0.05) is 10.6 Å². The van der Waals surface area contributed by atoms with E-state index < -0.39 is 24.9 Å². The number of carbonyl (C=O) groups excluding carboxylic acids is 1. The molecule has 0 unspecified atom stereocenters. The van der Waals surface area contributed by atoms with E-state index in [1.807, 2.05) is 0 Å². The van der Waals surface area contributed by atoms with Crippen molar-refractivity contribution in [1.82, 2.24) is 5.32 Å². The molecule has 0 spiro atoms. The van der Waals surface area contributed by atoms with Gasteiger partial charge in [0.25, 0.3) is 11.8 Å². The molecular formula is C11H14Cl2F2N2O.